The summed E-state index contributed by atoms with van der Waals surface area (Å²) in [5.74, 6) is -1.17. The van der Waals surface area contributed by atoms with Crippen LogP contribution in [-0.2, 0) is 19.6 Å². The Morgan fingerprint density at radius 1 is 1.15 bits per heavy atom. The Hall–Kier alpha value is -2.89. The minimum atomic E-state index is -3.65. The van der Waals surface area contributed by atoms with E-state index in [-0.39, 0.29) is 24.7 Å². The van der Waals surface area contributed by atoms with Crippen molar-refractivity contribution >= 4 is 28.0 Å². The highest BCUT2D eigenvalue weighted by atomic mass is 32.2. The number of nitrogens with zero attached hydrogens (tertiary/aromatic N) is 3. The van der Waals surface area contributed by atoms with E-state index in [4.69, 9.17) is 4.74 Å². The lowest BCUT2D eigenvalue weighted by Crippen LogP contribution is -2.27. The van der Waals surface area contributed by atoms with Crippen LogP contribution in [0, 0.1) is 5.82 Å². The SMILES string of the molecule is CC.CCCCOC(=O)CC(O)CC(O)/C=C/c1c(-c2ccc(F)cc2)nc(N(C)S(C)(=O)=O)nc1C(C)C. The van der Waals surface area contributed by atoms with Crippen LogP contribution in [0.25, 0.3) is 17.3 Å². The molecule has 0 spiro atoms. The van der Waals surface area contributed by atoms with Gasteiger partial charge in [0.1, 0.15) is 5.82 Å². The van der Waals surface area contributed by atoms with Gasteiger partial charge in [0.15, 0.2) is 0 Å². The Balaban J connectivity index is 0.00000371. The van der Waals surface area contributed by atoms with Gasteiger partial charge in [-0.2, -0.15) is 0 Å². The second-order valence-electron chi connectivity index (χ2n) is 9.16. The monoisotopic (exact) mass is 567 g/mol. The van der Waals surface area contributed by atoms with Gasteiger partial charge in [0.05, 0.1) is 42.9 Å². The van der Waals surface area contributed by atoms with Gasteiger partial charge in [0.25, 0.3) is 0 Å². The summed E-state index contributed by atoms with van der Waals surface area (Å²) in [6.07, 6.45) is 3.17. The lowest BCUT2D eigenvalue weighted by atomic mass is 9.97. The number of aliphatic hydroxyl groups excluding tert-OH is 2. The zero-order valence-corrected chi connectivity index (χ0v) is 24.7. The van der Waals surface area contributed by atoms with Crippen LogP contribution in [0.1, 0.15) is 77.5 Å². The quantitative estimate of drug-likeness (QED) is 0.263. The number of rotatable bonds is 13. The first-order chi connectivity index (χ1) is 18.3. The average molecular weight is 568 g/mol. The van der Waals surface area contributed by atoms with Gasteiger partial charge in [0.2, 0.25) is 16.0 Å². The van der Waals surface area contributed by atoms with E-state index in [2.05, 4.69) is 9.97 Å². The number of hydrogen-bond acceptors (Lipinski definition) is 8. The first-order valence-corrected chi connectivity index (χ1v) is 15.0. The highest BCUT2D eigenvalue weighted by molar-refractivity contribution is 7.92. The predicted octanol–water partition coefficient (Wildman–Crippen LogP) is 4.69. The van der Waals surface area contributed by atoms with Gasteiger partial charge in [-0.25, -0.2) is 27.1 Å². The van der Waals surface area contributed by atoms with Gasteiger partial charge in [-0.15, -0.1) is 0 Å². The maximum absolute atomic E-state index is 13.6. The zero-order valence-electron chi connectivity index (χ0n) is 23.9. The average Bonchev–Trinajstić information content (AvgIpc) is 2.87. The van der Waals surface area contributed by atoms with Crippen LogP contribution >= 0.6 is 0 Å². The highest BCUT2D eigenvalue weighted by Gasteiger charge is 2.22. The number of ether oxygens (including phenoxy) is 1. The number of esters is 1. The molecule has 2 aromatic rings. The molecule has 2 unspecified atom stereocenters. The highest BCUT2D eigenvalue weighted by Crippen LogP contribution is 2.31. The number of hydrogen-bond donors (Lipinski definition) is 2. The second-order valence-corrected chi connectivity index (χ2v) is 11.2. The molecule has 0 radical (unpaired) electrons. The van der Waals surface area contributed by atoms with Crippen LogP contribution < -0.4 is 4.31 Å². The second kappa shape index (κ2) is 16.3. The summed E-state index contributed by atoms with van der Waals surface area (Å²) < 4.78 is 43.9. The number of aliphatic hydroxyl groups is 2. The molecule has 1 heterocycles. The molecule has 2 rings (SSSR count). The number of aromatic nitrogens is 2. The van der Waals surface area contributed by atoms with Gasteiger partial charge in [0, 0.05) is 24.6 Å². The van der Waals surface area contributed by atoms with E-state index in [9.17, 15) is 27.8 Å². The molecule has 218 valence electrons. The van der Waals surface area contributed by atoms with Crippen molar-refractivity contribution in [3.05, 3.63) is 47.4 Å². The summed E-state index contributed by atoms with van der Waals surface area (Å²) in [6.45, 7) is 10.0. The van der Waals surface area contributed by atoms with E-state index >= 15 is 0 Å². The molecule has 0 bridgehead atoms. The van der Waals surface area contributed by atoms with E-state index in [0.717, 1.165) is 23.4 Å². The molecular formula is C28H42FN3O6S. The van der Waals surface area contributed by atoms with Crippen molar-refractivity contribution in [2.75, 3.05) is 24.2 Å². The molecule has 0 fully saturated rings. The van der Waals surface area contributed by atoms with Crippen molar-refractivity contribution in [2.24, 2.45) is 0 Å². The Bertz CT molecular complexity index is 1190. The van der Waals surface area contributed by atoms with E-state index in [0.29, 0.717) is 29.1 Å². The van der Waals surface area contributed by atoms with Gasteiger partial charge in [-0.1, -0.05) is 53.2 Å². The largest absolute Gasteiger partial charge is 0.466 e. The Kier molecular flexibility index (Phi) is 14.2. The minimum absolute atomic E-state index is 0.0415. The third-order valence-corrected chi connectivity index (χ3v) is 6.73. The van der Waals surface area contributed by atoms with Crippen molar-refractivity contribution in [2.45, 2.75) is 78.4 Å². The number of carbonyl (C=O) groups excluding carboxylic acids is 1. The number of anilines is 1. The van der Waals surface area contributed by atoms with Crippen molar-refractivity contribution in [3.63, 3.8) is 0 Å². The fraction of sp³-hybridized carbons (Fsp3) is 0.536. The lowest BCUT2D eigenvalue weighted by Gasteiger charge is -2.20. The number of halogens is 1. The molecule has 0 aliphatic heterocycles. The zero-order chi connectivity index (χ0) is 29.8. The Labute approximate surface area is 231 Å². The van der Waals surface area contributed by atoms with Gasteiger partial charge < -0.3 is 14.9 Å². The molecule has 2 atom stereocenters. The van der Waals surface area contributed by atoms with Crippen molar-refractivity contribution in [1.82, 2.24) is 9.97 Å². The first kappa shape index (κ1) is 34.1. The summed E-state index contributed by atoms with van der Waals surface area (Å²) in [5.41, 5.74) is 1.91. The molecule has 11 heteroatoms. The molecule has 0 aliphatic carbocycles. The van der Waals surface area contributed by atoms with E-state index in [1.54, 1.807) is 6.08 Å². The van der Waals surface area contributed by atoms with Crippen LogP contribution in [0.4, 0.5) is 10.3 Å². The summed E-state index contributed by atoms with van der Waals surface area (Å²) >= 11 is 0. The van der Waals surface area contributed by atoms with Crippen LogP contribution in [0.3, 0.4) is 0 Å². The van der Waals surface area contributed by atoms with Crippen molar-refractivity contribution in [3.8, 4) is 11.3 Å². The first-order valence-electron chi connectivity index (χ1n) is 13.1. The van der Waals surface area contributed by atoms with Crippen LogP contribution in [0.2, 0.25) is 0 Å². The maximum Gasteiger partial charge on any atom is 0.308 e. The molecule has 0 saturated carbocycles. The fourth-order valence-corrected chi connectivity index (χ4v) is 3.80. The Morgan fingerprint density at radius 2 is 1.77 bits per heavy atom. The number of benzene rings is 1. The summed E-state index contributed by atoms with van der Waals surface area (Å²) in [6, 6.07) is 5.58. The fourth-order valence-electron chi connectivity index (χ4n) is 3.43. The van der Waals surface area contributed by atoms with E-state index < -0.39 is 34.0 Å². The summed E-state index contributed by atoms with van der Waals surface area (Å²) in [4.78, 5) is 20.8. The minimum Gasteiger partial charge on any atom is -0.466 e. The molecule has 0 aliphatic rings. The standard InChI is InChI=1S/C26H36FN3O6S.C2H6/c1-6-7-14-36-23(33)16-21(32)15-20(31)12-13-22-24(17(2)3)28-26(30(4)37(5,34)35)29-25(22)18-8-10-19(27)11-9-18;1-2/h8-13,17,20-21,31-32H,6-7,14-16H2,1-5H3;1-2H3/b13-12+;. The molecule has 1 aromatic heterocycles. The smallest absolute Gasteiger partial charge is 0.308 e. The molecule has 0 amide bonds. The molecule has 2 N–H and O–H groups in total. The van der Waals surface area contributed by atoms with E-state index in [1.165, 1.54) is 37.4 Å². The van der Waals surface area contributed by atoms with Gasteiger partial charge >= 0.3 is 5.97 Å². The third kappa shape index (κ3) is 11.0. The van der Waals surface area contributed by atoms with Crippen LogP contribution in [0.5, 0.6) is 0 Å². The van der Waals surface area contributed by atoms with Gasteiger partial charge in [-0.05, 0) is 36.6 Å². The molecule has 9 nitrogen and oxygen atoms in total. The number of carbonyl (C=O) groups is 1. The predicted molar refractivity (Wildman–Crippen MR) is 152 cm³/mol. The Morgan fingerprint density at radius 3 is 2.31 bits per heavy atom. The van der Waals surface area contributed by atoms with E-state index in [1.807, 2.05) is 34.6 Å². The molecular weight excluding hydrogens is 525 g/mol. The van der Waals surface area contributed by atoms with Crippen molar-refractivity contribution in [1.29, 1.82) is 0 Å². The third-order valence-electron chi connectivity index (χ3n) is 5.57. The summed E-state index contributed by atoms with van der Waals surface area (Å²) in [7, 11) is -2.30. The molecule has 0 saturated heterocycles. The van der Waals surface area contributed by atoms with Crippen LogP contribution in [-0.4, -0.2) is 66.7 Å². The number of sulfonamides is 1. The normalized spacial score (nSPS) is 13.1. The van der Waals surface area contributed by atoms with Crippen LogP contribution in [0.15, 0.2) is 30.3 Å². The molecule has 1 aromatic carbocycles. The van der Waals surface area contributed by atoms with Crippen molar-refractivity contribution < 1.29 is 32.6 Å². The molecule has 39 heavy (non-hydrogen) atoms. The number of unbranched alkanes of at least 4 members (excludes halogenated alkanes) is 1. The maximum atomic E-state index is 13.6. The van der Waals surface area contributed by atoms with Gasteiger partial charge in [-0.3, -0.25) is 4.79 Å². The lowest BCUT2D eigenvalue weighted by molar-refractivity contribution is -0.146. The summed E-state index contributed by atoms with van der Waals surface area (Å²) in [5, 5.41) is 20.7. The topological polar surface area (TPSA) is 130 Å².